The number of nitrogens with zero attached hydrogens (tertiary/aromatic N) is 3. The van der Waals surface area contributed by atoms with Gasteiger partial charge in [0, 0.05) is 11.3 Å². The molecule has 0 saturated carbocycles. The van der Waals surface area contributed by atoms with Crippen LogP contribution in [0.2, 0.25) is 0 Å². The Hall–Kier alpha value is -2.21. The summed E-state index contributed by atoms with van der Waals surface area (Å²) in [5.74, 6) is 0.590. The molecule has 0 amide bonds. The number of aryl methyl sites for hydroxylation is 3. The van der Waals surface area contributed by atoms with E-state index in [9.17, 15) is 0 Å². The van der Waals surface area contributed by atoms with Gasteiger partial charge in [-0.25, -0.2) is 9.97 Å². The van der Waals surface area contributed by atoms with Gasteiger partial charge in [-0.3, -0.25) is 0 Å². The lowest BCUT2D eigenvalue weighted by atomic mass is 10.0. The first-order chi connectivity index (χ1) is 8.60. The van der Waals surface area contributed by atoms with Crippen molar-refractivity contribution in [1.29, 1.82) is 5.26 Å². The van der Waals surface area contributed by atoms with E-state index in [4.69, 9.17) is 5.26 Å². The summed E-state index contributed by atoms with van der Waals surface area (Å²) in [5, 5.41) is 8.73. The SMILES string of the molecule is Cc1ccc(-c2cc(C)nc(CC#N)n2)c(C)c1. The second-order valence-corrected chi connectivity index (χ2v) is 4.46. The Morgan fingerprint density at radius 3 is 2.56 bits per heavy atom. The van der Waals surface area contributed by atoms with E-state index in [1.54, 1.807) is 0 Å². The zero-order valence-electron chi connectivity index (χ0n) is 10.9. The summed E-state index contributed by atoms with van der Waals surface area (Å²) in [6.07, 6.45) is 0.250. The van der Waals surface area contributed by atoms with Crippen LogP contribution in [-0.4, -0.2) is 9.97 Å². The van der Waals surface area contributed by atoms with Crippen LogP contribution in [0.3, 0.4) is 0 Å². The predicted octanol–water partition coefficient (Wildman–Crippen LogP) is 3.13. The highest BCUT2D eigenvalue weighted by molar-refractivity contribution is 5.64. The molecule has 0 aliphatic heterocycles. The summed E-state index contributed by atoms with van der Waals surface area (Å²) in [4.78, 5) is 8.71. The number of hydrogen-bond donors (Lipinski definition) is 0. The lowest BCUT2D eigenvalue weighted by Crippen LogP contribution is -1.99. The highest BCUT2D eigenvalue weighted by Gasteiger charge is 2.07. The summed E-state index contributed by atoms with van der Waals surface area (Å²) in [7, 11) is 0. The van der Waals surface area contributed by atoms with Gasteiger partial charge in [0.05, 0.1) is 18.2 Å². The molecule has 2 aromatic rings. The fraction of sp³-hybridized carbons (Fsp3) is 0.267. The van der Waals surface area contributed by atoms with Crippen molar-refractivity contribution in [2.45, 2.75) is 27.2 Å². The third kappa shape index (κ3) is 2.54. The molecule has 0 saturated heterocycles. The maximum absolute atomic E-state index is 8.73. The lowest BCUT2D eigenvalue weighted by molar-refractivity contribution is 0.968. The van der Waals surface area contributed by atoms with Gasteiger partial charge < -0.3 is 0 Å². The molecule has 0 aliphatic carbocycles. The van der Waals surface area contributed by atoms with Crippen molar-refractivity contribution in [3.8, 4) is 17.3 Å². The third-order valence-electron chi connectivity index (χ3n) is 2.80. The quantitative estimate of drug-likeness (QED) is 0.806. The molecule has 1 aromatic carbocycles. The molecule has 0 atom stereocenters. The average molecular weight is 237 g/mol. The maximum atomic E-state index is 8.73. The van der Waals surface area contributed by atoms with Crippen molar-refractivity contribution in [3.63, 3.8) is 0 Å². The predicted molar refractivity (Wildman–Crippen MR) is 71.0 cm³/mol. The van der Waals surface area contributed by atoms with E-state index in [0.717, 1.165) is 17.0 Å². The minimum atomic E-state index is 0.250. The second kappa shape index (κ2) is 4.97. The van der Waals surface area contributed by atoms with Crippen LogP contribution in [0.1, 0.15) is 22.6 Å². The zero-order valence-corrected chi connectivity index (χ0v) is 10.9. The van der Waals surface area contributed by atoms with Crippen molar-refractivity contribution < 1.29 is 0 Å². The Kier molecular flexibility index (Phi) is 3.38. The molecule has 1 aromatic heterocycles. The van der Waals surface area contributed by atoms with E-state index in [-0.39, 0.29) is 6.42 Å². The summed E-state index contributed by atoms with van der Waals surface area (Å²) in [6.45, 7) is 6.07. The van der Waals surface area contributed by atoms with Gasteiger partial charge in [0.2, 0.25) is 0 Å². The van der Waals surface area contributed by atoms with Crippen LogP contribution in [0.15, 0.2) is 24.3 Å². The fourth-order valence-corrected chi connectivity index (χ4v) is 2.02. The van der Waals surface area contributed by atoms with E-state index in [1.165, 1.54) is 11.1 Å². The van der Waals surface area contributed by atoms with Crippen LogP contribution in [0, 0.1) is 32.1 Å². The number of hydrogen-bond acceptors (Lipinski definition) is 3. The maximum Gasteiger partial charge on any atom is 0.143 e. The fourth-order valence-electron chi connectivity index (χ4n) is 2.02. The highest BCUT2D eigenvalue weighted by atomic mass is 14.9. The van der Waals surface area contributed by atoms with Gasteiger partial charge in [-0.1, -0.05) is 23.8 Å². The van der Waals surface area contributed by atoms with Gasteiger partial charge in [-0.05, 0) is 32.4 Å². The van der Waals surface area contributed by atoms with Crippen LogP contribution in [0.5, 0.6) is 0 Å². The lowest BCUT2D eigenvalue weighted by Gasteiger charge is -2.08. The summed E-state index contributed by atoms with van der Waals surface area (Å²) in [6, 6.07) is 10.3. The van der Waals surface area contributed by atoms with Crippen molar-refractivity contribution in [3.05, 3.63) is 46.9 Å². The molecule has 3 heteroatoms. The Labute approximate surface area is 107 Å². The smallest absolute Gasteiger partial charge is 0.143 e. The van der Waals surface area contributed by atoms with Crippen LogP contribution in [-0.2, 0) is 6.42 Å². The molecule has 0 spiro atoms. The molecule has 0 fully saturated rings. The molecule has 3 nitrogen and oxygen atoms in total. The Balaban J connectivity index is 2.53. The molecule has 0 N–H and O–H groups in total. The average Bonchev–Trinajstić information content (AvgIpc) is 2.28. The molecule has 0 radical (unpaired) electrons. The number of aromatic nitrogens is 2. The third-order valence-corrected chi connectivity index (χ3v) is 2.80. The molecule has 18 heavy (non-hydrogen) atoms. The van der Waals surface area contributed by atoms with Crippen molar-refractivity contribution >= 4 is 0 Å². The second-order valence-electron chi connectivity index (χ2n) is 4.46. The van der Waals surface area contributed by atoms with E-state index < -0.39 is 0 Å². The van der Waals surface area contributed by atoms with E-state index in [0.29, 0.717) is 5.82 Å². The topological polar surface area (TPSA) is 49.6 Å². The number of benzene rings is 1. The first-order valence-corrected chi connectivity index (χ1v) is 5.89. The van der Waals surface area contributed by atoms with Crippen molar-refractivity contribution in [2.24, 2.45) is 0 Å². The molecule has 1 heterocycles. The summed E-state index contributed by atoms with van der Waals surface area (Å²) in [5.41, 5.74) is 5.32. The first kappa shape index (κ1) is 12.3. The van der Waals surface area contributed by atoms with Gasteiger partial charge >= 0.3 is 0 Å². The first-order valence-electron chi connectivity index (χ1n) is 5.89. The Bertz CT molecular complexity index is 624. The van der Waals surface area contributed by atoms with Gasteiger partial charge in [-0.15, -0.1) is 0 Å². The molecule has 0 aliphatic rings. The molecular formula is C15H15N3. The number of nitriles is 1. The van der Waals surface area contributed by atoms with Crippen LogP contribution in [0.4, 0.5) is 0 Å². The largest absolute Gasteiger partial charge is 0.237 e. The molecular weight excluding hydrogens is 222 g/mol. The van der Waals surface area contributed by atoms with Gasteiger partial charge in [0.1, 0.15) is 5.82 Å². The summed E-state index contributed by atoms with van der Waals surface area (Å²) >= 11 is 0. The minimum Gasteiger partial charge on any atom is -0.237 e. The van der Waals surface area contributed by atoms with Crippen LogP contribution in [0.25, 0.3) is 11.3 Å². The molecule has 0 unspecified atom stereocenters. The molecule has 90 valence electrons. The monoisotopic (exact) mass is 237 g/mol. The van der Waals surface area contributed by atoms with E-state index in [2.05, 4.69) is 48.1 Å². The van der Waals surface area contributed by atoms with Crippen molar-refractivity contribution in [2.75, 3.05) is 0 Å². The van der Waals surface area contributed by atoms with Crippen LogP contribution >= 0.6 is 0 Å². The molecule has 0 bridgehead atoms. The summed E-state index contributed by atoms with van der Waals surface area (Å²) < 4.78 is 0. The van der Waals surface area contributed by atoms with Crippen molar-refractivity contribution in [1.82, 2.24) is 9.97 Å². The van der Waals surface area contributed by atoms with Crippen LogP contribution < -0.4 is 0 Å². The highest BCUT2D eigenvalue weighted by Crippen LogP contribution is 2.23. The standard InChI is InChI=1S/C15H15N3/c1-10-4-5-13(11(2)8-10)14-9-12(3)17-15(18-14)6-7-16/h4-5,8-9H,6H2,1-3H3. The minimum absolute atomic E-state index is 0.250. The number of rotatable bonds is 2. The van der Waals surface area contributed by atoms with Gasteiger partial charge in [0.25, 0.3) is 0 Å². The zero-order chi connectivity index (χ0) is 13.1. The van der Waals surface area contributed by atoms with E-state index in [1.807, 2.05) is 13.0 Å². The Morgan fingerprint density at radius 2 is 1.89 bits per heavy atom. The van der Waals surface area contributed by atoms with Gasteiger partial charge in [0.15, 0.2) is 0 Å². The van der Waals surface area contributed by atoms with Gasteiger partial charge in [-0.2, -0.15) is 5.26 Å². The Morgan fingerprint density at radius 1 is 1.11 bits per heavy atom. The normalized spacial score (nSPS) is 10.1. The molecule has 2 rings (SSSR count). The van der Waals surface area contributed by atoms with E-state index >= 15 is 0 Å².